The van der Waals surface area contributed by atoms with Crippen molar-refractivity contribution in [1.82, 2.24) is 14.8 Å². The summed E-state index contributed by atoms with van der Waals surface area (Å²) >= 11 is 11.7. The van der Waals surface area contributed by atoms with E-state index in [2.05, 4.69) is 20.7 Å². The molecule has 1 aliphatic heterocycles. The summed E-state index contributed by atoms with van der Waals surface area (Å²) in [6, 6.07) is 4.79. The molecule has 2 amide bonds. The molecule has 1 aliphatic rings. The van der Waals surface area contributed by atoms with Crippen LogP contribution in [0.4, 0.5) is 11.6 Å². The number of hydrogen-bond acceptors (Lipinski definition) is 4. The maximum absolute atomic E-state index is 12.1. The molecular weight excluding hydrogens is 329 g/mol. The van der Waals surface area contributed by atoms with E-state index in [-0.39, 0.29) is 18.2 Å². The molecule has 0 fully saturated rings. The van der Waals surface area contributed by atoms with E-state index in [1.165, 1.54) is 6.33 Å². The predicted molar refractivity (Wildman–Crippen MR) is 81.9 cm³/mol. The van der Waals surface area contributed by atoms with Gasteiger partial charge in [0.2, 0.25) is 17.8 Å². The third-order valence-corrected chi connectivity index (χ3v) is 3.99. The Labute approximate surface area is 135 Å². The zero-order valence-electron chi connectivity index (χ0n) is 11.2. The molecule has 7 nitrogen and oxygen atoms in total. The van der Waals surface area contributed by atoms with Crippen molar-refractivity contribution in [2.24, 2.45) is 5.92 Å². The lowest BCUT2D eigenvalue weighted by Gasteiger charge is -2.21. The number of anilines is 2. The number of aromatic nitrogens is 3. The van der Waals surface area contributed by atoms with E-state index in [4.69, 9.17) is 23.2 Å². The zero-order valence-corrected chi connectivity index (χ0v) is 12.7. The number of halogens is 2. The summed E-state index contributed by atoms with van der Waals surface area (Å²) < 4.78 is 1.55. The standard InChI is InChI=1S/C13H11Cl2N5O2/c14-9-2-1-8(4-10(9)15)18-11(21)3-7-5-20-13(16-6-17-20)19-12(7)22/h1-2,4,6-7H,3,5H2,(H,18,21)(H,16,17,19,22)/t7-/m1/s1. The van der Waals surface area contributed by atoms with Crippen LogP contribution in [-0.2, 0) is 16.1 Å². The maximum atomic E-state index is 12.1. The fraction of sp³-hybridized carbons (Fsp3) is 0.231. The van der Waals surface area contributed by atoms with Gasteiger partial charge in [-0.25, -0.2) is 4.68 Å². The van der Waals surface area contributed by atoms with Gasteiger partial charge in [-0.05, 0) is 18.2 Å². The van der Waals surface area contributed by atoms with E-state index in [1.54, 1.807) is 22.9 Å². The van der Waals surface area contributed by atoms with Crippen LogP contribution in [0.2, 0.25) is 10.0 Å². The number of hydrogen-bond donors (Lipinski definition) is 2. The lowest BCUT2D eigenvalue weighted by molar-refractivity contribution is -0.125. The first kappa shape index (κ1) is 14.8. The Kier molecular flexibility index (Phi) is 4.00. The molecule has 0 bridgehead atoms. The average molecular weight is 340 g/mol. The SMILES string of the molecule is O=C(C[C@@H]1Cn2ncnc2NC1=O)Nc1ccc(Cl)c(Cl)c1. The molecular formula is C13H11Cl2N5O2. The van der Waals surface area contributed by atoms with Gasteiger partial charge in [0.05, 0.1) is 22.5 Å². The van der Waals surface area contributed by atoms with Crippen molar-refractivity contribution in [3.05, 3.63) is 34.6 Å². The lowest BCUT2D eigenvalue weighted by atomic mass is 10.0. The number of rotatable bonds is 3. The predicted octanol–water partition coefficient (Wildman–Crippen LogP) is 2.18. The van der Waals surface area contributed by atoms with Crippen LogP contribution in [0.1, 0.15) is 6.42 Å². The molecule has 1 aromatic carbocycles. The number of fused-ring (bicyclic) bond motifs is 1. The van der Waals surface area contributed by atoms with Gasteiger partial charge in [-0.2, -0.15) is 10.1 Å². The van der Waals surface area contributed by atoms with Gasteiger partial charge in [-0.15, -0.1) is 0 Å². The fourth-order valence-corrected chi connectivity index (χ4v) is 2.46. The van der Waals surface area contributed by atoms with Crippen molar-refractivity contribution in [3.63, 3.8) is 0 Å². The summed E-state index contributed by atoms with van der Waals surface area (Å²) in [4.78, 5) is 27.9. The van der Waals surface area contributed by atoms with E-state index in [1.807, 2.05) is 0 Å². The second-order valence-corrected chi connectivity index (χ2v) is 5.65. The van der Waals surface area contributed by atoms with Gasteiger partial charge >= 0.3 is 0 Å². The molecule has 3 rings (SSSR count). The Hall–Kier alpha value is -2.12. The first-order valence-corrected chi connectivity index (χ1v) is 7.22. The Morgan fingerprint density at radius 3 is 3.00 bits per heavy atom. The minimum absolute atomic E-state index is 0.0331. The largest absolute Gasteiger partial charge is 0.326 e. The molecule has 9 heteroatoms. The summed E-state index contributed by atoms with van der Waals surface area (Å²) in [7, 11) is 0. The van der Waals surface area contributed by atoms with Gasteiger partial charge in [0, 0.05) is 12.1 Å². The summed E-state index contributed by atoms with van der Waals surface area (Å²) in [5.74, 6) is -0.644. The number of amides is 2. The third kappa shape index (κ3) is 3.05. The topological polar surface area (TPSA) is 88.9 Å². The highest BCUT2D eigenvalue weighted by molar-refractivity contribution is 6.42. The number of carbonyl (C=O) groups excluding carboxylic acids is 2. The highest BCUT2D eigenvalue weighted by atomic mass is 35.5. The summed E-state index contributed by atoms with van der Waals surface area (Å²) in [6.45, 7) is 0.315. The van der Waals surface area contributed by atoms with Crippen LogP contribution in [0, 0.1) is 5.92 Å². The average Bonchev–Trinajstić information content (AvgIpc) is 2.90. The normalized spacial score (nSPS) is 16.8. The van der Waals surface area contributed by atoms with Crippen LogP contribution in [-0.4, -0.2) is 26.6 Å². The summed E-state index contributed by atoms with van der Waals surface area (Å²) in [6.07, 6.45) is 1.39. The van der Waals surface area contributed by atoms with Crippen LogP contribution in [0.3, 0.4) is 0 Å². The molecule has 2 heterocycles. The van der Waals surface area contributed by atoms with Crippen LogP contribution in [0.5, 0.6) is 0 Å². The quantitative estimate of drug-likeness (QED) is 0.896. The third-order valence-electron chi connectivity index (χ3n) is 3.25. The van der Waals surface area contributed by atoms with E-state index in [0.29, 0.717) is 28.2 Å². The van der Waals surface area contributed by atoms with Crippen LogP contribution in [0.15, 0.2) is 24.5 Å². The van der Waals surface area contributed by atoms with Crippen molar-refractivity contribution in [2.45, 2.75) is 13.0 Å². The number of benzene rings is 1. The highest BCUT2D eigenvalue weighted by Gasteiger charge is 2.29. The molecule has 1 atom stereocenters. The Bertz CT molecular complexity index is 746. The van der Waals surface area contributed by atoms with E-state index >= 15 is 0 Å². The summed E-state index contributed by atoms with van der Waals surface area (Å²) in [5, 5.41) is 10.0. The van der Waals surface area contributed by atoms with Crippen molar-refractivity contribution in [2.75, 3.05) is 10.6 Å². The van der Waals surface area contributed by atoms with E-state index in [9.17, 15) is 9.59 Å². The highest BCUT2D eigenvalue weighted by Crippen LogP contribution is 2.25. The van der Waals surface area contributed by atoms with Gasteiger partial charge in [-0.1, -0.05) is 23.2 Å². The Morgan fingerprint density at radius 1 is 1.41 bits per heavy atom. The van der Waals surface area contributed by atoms with Crippen molar-refractivity contribution >= 4 is 46.7 Å². The zero-order chi connectivity index (χ0) is 15.7. The van der Waals surface area contributed by atoms with Gasteiger partial charge in [0.1, 0.15) is 6.33 Å². The molecule has 0 aliphatic carbocycles. The second-order valence-electron chi connectivity index (χ2n) is 4.83. The molecule has 22 heavy (non-hydrogen) atoms. The van der Waals surface area contributed by atoms with Gasteiger partial charge in [0.15, 0.2) is 0 Å². The first-order valence-electron chi connectivity index (χ1n) is 6.46. The van der Waals surface area contributed by atoms with Gasteiger partial charge in [-0.3, -0.25) is 14.9 Å². The Balaban J connectivity index is 1.64. The van der Waals surface area contributed by atoms with Crippen LogP contribution >= 0.6 is 23.2 Å². The molecule has 2 N–H and O–H groups in total. The monoisotopic (exact) mass is 339 g/mol. The molecule has 0 radical (unpaired) electrons. The minimum Gasteiger partial charge on any atom is -0.326 e. The smallest absolute Gasteiger partial charge is 0.232 e. The van der Waals surface area contributed by atoms with Crippen LogP contribution < -0.4 is 10.6 Å². The fourth-order valence-electron chi connectivity index (χ4n) is 2.17. The number of nitrogens with one attached hydrogen (secondary N) is 2. The van der Waals surface area contributed by atoms with Crippen molar-refractivity contribution < 1.29 is 9.59 Å². The van der Waals surface area contributed by atoms with E-state index < -0.39 is 5.92 Å². The molecule has 0 saturated heterocycles. The first-order chi connectivity index (χ1) is 10.5. The molecule has 2 aromatic rings. The second kappa shape index (κ2) is 5.94. The van der Waals surface area contributed by atoms with Crippen molar-refractivity contribution in [3.8, 4) is 0 Å². The molecule has 0 unspecified atom stereocenters. The maximum Gasteiger partial charge on any atom is 0.232 e. The van der Waals surface area contributed by atoms with Crippen molar-refractivity contribution in [1.29, 1.82) is 0 Å². The lowest BCUT2D eigenvalue weighted by Crippen LogP contribution is -2.36. The molecule has 0 saturated carbocycles. The summed E-state index contributed by atoms with van der Waals surface area (Å²) in [5.41, 5.74) is 0.525. The van der Waals surface area contributed by atoms with Gasteiger partial charge < -0.3 is 5.32 Å². The van der Waals surface area contributed by atoms with Gasteiger partial charge in [0.25, 0.3) is 0 Å². The molecule has 1 aromatic heterocycles. The van der Waals surface area contributed by atoms with E-state index in [0.717, 1.165) is 0 Å². The molecule has 114 valence electrons. The number of carbonyl (C=O) groups is 2. The Morgan fingerprint density at radius 2 is 2.23 bits per heavy atom. The number of nitrogens with zero attached hydrogens (tertiary/aromatic N) is 3. The van der Waals surface area contributed by atoms with Crippen LogP contribution in [0.25, 0.3) is 0 Å². The minimum atomic E-state index is -0.503. The molecule has 0 spiro atoms.